The first-order valence-electron chi connectivity index (χ1n) is 9.63. The van der Waals surface area contributed by atoms with E-state index in [1.165, 1.54) is 22.8 Å². The number of thioether (sulfide) groups is 1. The van der Waals surface area contributed by atoms with Crippen molar-refractivity contribution in [1.82, 2.24) is 4.57 Å². The van der Waals surface area contributed by atoms with E-state index in [1.54, 1.807) is 43.8 Å². The first-order valence-corrected chi connectivity index (χ1v) is 10.9. The van der Waals surface area contributed by atoms with Gasteiger partial charge in [-0.05, 0) is 62.6 Å². The van der Waals surface area contributed by atoms with Gasteiger partial charge in [0.1, 0.15) is 0 Å². The average Bonchev–Trinajstić information content (AvgIpc) is 3.03. The Morgan fingerprint density at radius 3 is 2.39 bits per heavy atom. The number of carbonyl (C=O) groups is 1. The molecule has 0 spiro atoms. The molecule has 1 atom stereocenters. The molecule has 31 heavy (non-hydrogen) atoms. The molecule has 2 N–H and O–H groups in total. The molecule has 0 fully saturated rings. The van der Waals surface area contributed by atoms with Gasteiger partial charge in [-0.1, -0.05) is 12.1 Å². The number of aliphatic hydroxyl groups excluding tert-OH is 1. The third-order valence-corrected chi connectivity index (χ3v) is 5.61. The van der Waals surface area contributed by atoms with Gasteiger partial charge in [-0.2, -0.15) is 13.2 Å². The molecule has 0 aliphatic carbocycles. The number of hydrogen-bond donors (Lipinski definition) is 2. The van der Waals surface area contributed by atoms with Crippen LogP contribution in [0.5, 0.6) is 0 Å². The van der Waals surface area contributed by atoms with Gasteiger partial charge in [-0.25, -0.2) is 0 Å². The number of aliphatic hydroxyl groups is 1. The van der Waals surface area contributed by atoms with Gasteiger partial charge < -0.3 is 15.0 Å². The predicted octanol–water partition coefficient (Wildman–Crippen LogP) is 5.70. The molecule has 164 valence electrons. The third-order valence-electron chi connectivity index (χ3n) is 4.87. The van der Waals surface area contributed by atoms with Gasteiger partial charge in [0, 0.05) is 28.4 Å². The van der Waals surface area contributed by atoms with Crippen molar-refractivity contribution in [3.8, 4) is 5.69 Å². The molecule has 8 heteroatoms. The lowest BCUT2D eigenvalue weighted by atomic mass is 10.1. The van der Waals surface area contributed by atoms with Crippen LogP contribution in [0, 0.1) is 6.92 Å². The maximum absolute atomic E-state index is 13.6. The average molecular weight is 449 g/mol. The van der Waals surface area contributed by atoms with Crippen LogP contribution in [0.15, 0.2) is 59.5 Å². The molecule has 4 nitrogen and oxygen atoms in total. The summed E-state index contributed by atoms with van der Waals surface area (Å²) in [6.07, 6.45) is -3.30. The van der Waals surface area contributed by atoms with E-state index in [9.17, 15) is 23.1 Å². The Morgan fingerprint density at radius 2 is 1.81 bits per heavy atom. The van der Waals surface area contributed by atoms with Crippen LogP contribution in [-0.4, -0.2) is 27.9 Å². The number of hydrogen-bond acceptors (Lipinski definition) is 3. The molecule has 0 aliphatic heterocycles. The summed E-state index contributed by atoms with van der Waals surface area (Å²) in [5.41, 5.74) is 0.744. The fraction of sp³-hybridized carbons (Fsp3) is 0.261. The molecule has 3 rings (SSSR count). The Kier molecular flexibility index (Phi) is 6.81. The molecule has 1 heterocycles. The summed E-state index contributed by atoms with van der Waals surface area (Å²) in [5, 5.41) is 12.7. The van der Waals surface area contributed by atoms with Crippen molar-refractivity contribution >= 4 is 23.4 Å². The first kappa shape index (κ1) is 23.0. The Morgan fingerprint density at radius 1 is 1.16 bits per heavy atom. The molecule has 0 radical (unpaired) electrons. The maximum Gasteiger partial charge on any atom is 0.418 e. The van der Waals surface area contributed by atoms with Gasteiger partial charge in [0.15, 0.2) is 0 Å². The highest BCUT2D eigenvalue weighted by Crippen LogP contribution is 2.36. The number of para-hydroxylation sites is 1. The van der Waals surface area contributed by atoms with E-state index in [0.29, 0.717) is 17.1 Å². The van der Waals surface area contributed by atoms with Crippen LogP contribution in [0.3, 0.4) is 0 Å². The second-order valence-corrected chi connectivity index (χ2v) is 8.10. The molecule has 0 saturated carbocycles. The van der Waals surface area contributed by atoms with Gasteiger partial charge in [0.25, 0.3) is 5.91 Å². The van der Waals surface area contributed by atoms with Crippen LogP contribution in [-0.2, 0) is 12.6 Å². The minimum absolute atomic E-state index is 0.0773. The van der Waals surface area contributed by atoms with E-state index in [0.717, 1.165) is 11.0 Å². The molecule has 2 aromatic carbocycles. The Hall–Kier alpha value is -2.71. The number of anilines is 1. The number of nitrogens with zero attached hydrogens (tertiary/aromatic N) is 1. The summed E-state index contributed by atoms with van der Waals surface area (Å²) in [6.45, 7) is 3.15. The SMILES string of the molecule is CSc1ccc(NC(=O)c2cc(CC(C)O)n(-c3ccccc3C(F)(F)F)c2C)cc1. The van der Waals surface area contributed by atoms with E-state index < -0.39 is 23.8 Å². The number of alkyl halides is 3. The maximum atomic E-state index is 13.6. The largest absolute Gasteiger partial charge is 0.418 e. The fourth-order valence-corrected chi connectivity index (χ4v) is 3.88. The number of rotatable bonds is 6. The van der Waals surface area contributed by atoms with Crippen LogP contribution in [0.2, 0.25) is 0 Å². The van der Waals surface area contributed by atoms with Crippen molar-refractivity contribution in [3.63, 3.8) is 0 Å². The normalized spacial score (nSPS) is 12.6. The second kappa shape index (κ2) is 9.20. The summed E-state index contributed by atoms with van der Waals surface area (Å²) in [5.74, 6) is -0.426. The van der Waals surface area contributed by atoms with E-state index in [2.05, 4.69) is 5.32 Å². The van der Waals surface area contributed by atoms with E-state index in [-0.39, 0.29) is 17.7 Å². The van der Waals surface area contributed by atoms with Crippen LogP contribution < -0.4 is 5.32 Å². The minimum atomic E-state index is -4.56. The zero-order valence-corrected chi connectivity index (χ0v) is 18.1. The molecular formula is C23H23F3N2O2S. The molecule has 0 aliphatic rings. The number of halogens is 3. The van der Waals surface area contributed by atoms with Crippen molar-refractivity contribution in [2.24, 2.45) is 0 Å². The molecule has 3 aromatic rings. The zero-order valence-electron chi connectivity index (χ0n) is 17.3. The lowest BCUT2D eigenvalue weighted by Gasteiger charge is -2.18. The summed E-state index contributed by atoms with van der Waals surface area (Å²) in [4.78, 5) is 14.0. The quantitative estimate of drug-likeness (QED) is 0.476. The van der Waals surface area contributed by atoms with Crippen molar-refractivity contribution in [2.45, 2.75) is 37.4 Å². The van der Waals surface area contributed by atoms with E-state index in [4.69, 9.17) is 0 Å². The first-order chi connectivity index (χ1) is 14.6. The van der Waals surface area contributed by atoms with Crippen molar-refractivity contribution in [1.29, 1.82) is 0 Å². The van der Waals surface area contributed by atoms with Crippen molar-refractivity contribution in [3.05, 3.63) is 77.1 Å². The second-order valence-electron chi connectivity index (χ2n) is 7.22. The predicted molar refractivity (Wildman–Crippen MR) is 117 cm³/mol. The van der Waals surface area contributed by atoms with Crippen molar-refractivity contribution < 1.29 is 23.1 Å². The van der Waals surface area contributed by atoms with Gasteiger partial charge in [0.2, 0.25) is 0 Å². The molecule has 0 bridgehead atoms. The lowest BCUT2D eigenvalue weighted by Crippen LogP contribution is -2.16. The number of benzene rings is 2. The summed E-state index contributed by atoms with van der Waals surface area (Å²) < 4.78 is 42.3. The van der Waals surface area contributed by atoms with Crippen LogP contribution in [0.1, 0.15) is 34.2 Å². The van der Waals surface area contributed by atoms with Crippen LogP contribution in [0.25, 0.3) is 5.69 Å². The molecule has 1 amide bonds. The van der Waals surface area contributed by atoms with Gasteiger partial charge >= 0.3 is 6.18 Å². The third kappa shape index (κ3) is 5.14. The molecule has 1 aromatic heterocycles. The minimum Gasteiger partial charge on any atom is -0.393 e. The van der Waals surface area contributed by atoms with Crippen LogP contribution in [0.4, 0.5) is 18.9 Å². The molecule has 0 saturated heterocycles. The van der Waals surface area contributed by atoms with Gasteiger partial charge in [-0.3, -0.25) is 4.79 Å². The Bertz CT molecular complexity index is 1070. The number of carbonyl (C=O) groups excluding carboxylic acids is 1. The Labute approximate surface area is 183 Å². The number of aromatic nitrogens is 1. The van der Waals surface area contributed by atoms with Crippen molar-refractivity contribution in [2.75, 3.05) is 11.6 Å². The molecular weight excluding hydrogens is 425 g/mol. The van der Waals surface area contributed by atoms with Crippen LogP contribution >= 0.6 is 11.8 Å². The highest BCUT2D eigenvalue weighted by atomic mass is 32.2. The summed E-state index contributed by atoms with van der Waals surface area (Å²) >= 11 is 1.58. The topological polar surface area (TPSA) is 54.3 Å². The summed E-state index contributed by atoms with van der Waals surface area (Å²) in [6, 6.07) is 14.0. The van der Waals surface area contributed by atoms with Gasteiger partial charge in [-0.15, -0.1) is 11.8 Å². The standard InChI is InChI=1S/C23H23F3N2O2S/c1-14(29)12-17-13-19(22(30)27-16-8-10-18(31-3)11-9-16)15(2)28(17)21-7-5-4-6-20(21)23(24,25)26/h4-11,13-14,29H,12H2,1-3H3,(H,27,30). The molecule has 1 unspecified atom stereocenters. The number of nitrogens with one attached hydrogen (secondary N) is 1. The monoisotopic (exact) mass is 448 g/mol. The zero-order chi connectivity index (χ0) is 22.8. The fourth-order valence-electron chi connectivity index (χ4n) is 3.47. The lowest BCUT2D eigenvalue weighted by molar-refractivity contribution is -0.137. The number of amides is 1. The highest BCUT2D eigenvalue weighted by Gasteiger charge is 2.35. The smallest absolute Gasteiger partial charge is 0.393 e. The van der Waals surface area contributed by atoms with E-state index >= 15 is 0 Å². The van der Waals surface area contributed by atoms with E-state index in [1.807, 2.05) is 18.4 Å². The Balaban J connectivity index is 2.06. The highest BCUT2D eigenvalue weighted by molar-refractivity contribution is 7.98. The summed E-state index contributed by atoms with van der Waals surface area (Å²) in [7, 11) is 0. The van der Waals surface area contributed by atoms with Gasteiger partial charge in [0.05, 0.1) is 22.9 Å².